The molecule has 0 amide bonds. The lowest BCUT2D eigenvalue weighted by atomic mass is 10.1. The Morgan fingerprint density at radius 1 is 1.17 bits per heavy atom. The molecule has 0 spiro atoms. The van der Waals surface area contributed by atoms with Crippen LogP contribution in [0.1, 0.15) is 52.4 Å². The van der Waals surface area contributed by atoms with E-state index < -0.39 is 0 Å². The van der Waals surface area contributed by atoms with Crippen LogP contribution in [-0.4, -0.2) is 4.83 Å². The van der Waals surface area contributed by atoms with Gasteiger partial charge in [0, 0.05) is 4.83 Å². The molecular formula is C11H21Br. The van der Waals surface area contributed by atoms with Gasteiger partial charge < -0.3 is 0 Å². The van der Waals surface area contributed by atoms with Crippen LogP contribution in [0.5, 0.6) is 0 Å². The van der Waals surface area contributed by atoms with Crippen molar-refractivity contribution in [3.8, 4) is 0 Å². The van der Waals surface area contributed by atoms with Crippen molar-refractivity contribution in [3.05, 3.63) is 12.2 Å². The SMILES string of the molecule is CC=CC(Br)CCCCCCC. The minimum Gasteiger partial charge on any atom is -0.0906 e. The average Bonchev–Trinajstić information content (AvgIpc) is 2.05. The minimum absolute atomic E-state index is 0.601. The lowest BCUT2D eigenvalue weighted by molar-refractivity contribution is 0.616. The zero-order valence-corrected chi connectivity index (χ0v) is 9.94. The number of alkyl halides is 1. The molecule has 0 aliphatic carbocycles. The van der Waals surface area contributed by atoms with E-state index in [0.29, 0.717) is 4.83 Å². The van der Waals surface area contributed by atoms with Gasteiger partial charge in [0.1, 0.15) is 0 Å². The van der Waals surface area contributed by atoms with E-state index in [4.69, 9.17) is 0 Å². The normalized spacial score (nSPS) is 13.9. The minimum atomic E-state index is 0.601. The Kier molecular flexibility index (Phi) is 9.48. The van der Waals surface area contributed by atoms with E-state index in [9.17, 15) is 0 Å². The molecule has 0 aromatic heterocycles. The van der Waals surface area contributed by atoms with E-state index >= 15 is 0 Å². The van der Waals surface area contributed by atoms with Crippen molar-refractivity contribution in [2.45, 2.75) is 57.2 Å². The van der Waals surface area contributed by atoms with Gasteiger partial charge in [-0.25, -0.2) is 0 Å². The van der Waals surface area contributed by atoms with E-state index in [1.807, 2.05) is 0 Å². The summed E-state index contributed by atoms with van der Waals surface area (Å²) in [5.74, 6) is 0. The summed E-state index contributed by atoms with van der Waals surface area (Å²) in [5.41, 5.74) is 0. The molecule has 0 saturated heterocycles. The van der Waals surface area contributed by atoms with Crippen LogP contribution in [0.3, 0.4) is 0 Å². The van der Waals surface area contributed by atoms with Gasteiger partial charge in [0.25, 0.3) is 0 Å². The first-order chi connectivity index (χ1) is 5.81. The molecule has 0 aromatic rings. The molecule has 1 unspecified atom stereocenters. The summed E-state index contributed by atoms with van der Waals surface area (Å²) in [7, 11) is 0. The second-order valence-electron chi connectivity index (χ2n) is 3.24. The molecule has 1 atom stereocenters. The van der Waals surface area contributed by atoms with E-state index in [-0.39, 0.29) is 0 Å². The van der Waals surface area contributed by atoms with Crippen molar-refractivity contribution in [1.29, 1.82) is 0 Å². The third-order valence-corrected chi connectivity index (χ3v) is 2.75. The van der Waals surface area contributed by atoms with E-state index in [2.05, 4.69) is 41.9 Å². The van der Waals surface area contributed by atoms with Crippen molar-refractivity contribution in [2.24, 2.45) is 0 Å². The molecule has 0 aliphatic heterocycles. The number of unbranched alkanes of at least 4 members (excludes halogenated alkanes) is 4. The Hall–Kier alpha value is 0.220. The molecule has 0 bridgehead atoms. The highest BCUT2D eigenvalue weighted by atomic mass is 79.9. The first kappa shape index (κ1) is 12.2. The maximum atomic E-state index is 3.62. The van der Waals surface area contributed by atoms with Gasteiger partial charge in [-0.3, -0.25) is 0 Å². The molecule has 0 fully saturated rings. The third kappa shape index (κ3) is 8.32. The van der Waals surface area contributed by atoms with Crippen LogP contribution in [0.15, 0.2) is 12.2 Å². The fourth-order valence-electron chi connectivity index (χ4n) is 1.25. The molecule has 0 heterocycles. The highest BCUT2D eigenvalue weighted by Gasteiger charge is 1.97. The van der Waals surface area contributed by atoms with Gasteiger partial charge in [-0.2, -0.15) is 0 Å². The predicted octanol–water partition coefficient (Wildman–Crippen LogP) is 4.69. The lowest BCUT2D eigenvalue weighted by Gasteiger charge is -2.03. The summed E-state index contributed by atoms with van der Waals surface area (Å²) in [6.07, 6.45) is 12.5. The van der Waals surface area contributed by atoms with Crippen LogP contribution in [0.25, 0.3) is 0 Å². The van der Waals surface area contributed by atoms with Gasteiger partial charge in [0.05, 0.1) is 0 Å². The largest absolute Gasteiger partial charge is 0.0906 e. The molecule has 0 saturated carbocycles. The lowest BCUT2D eigenvalue weighted by Crippen LogP contribution is -1.91. The predicted molar refractivity (Wildman–Crippen MR) is 60.9 cm³/mol. The first-order valence-corrected chi connectivity index (χ1v) is 5.99. The maximum Gasteiger partial charge on any atom is 0.0325 e. The van der Waals surface area contributed by atoms with Gasteiger partial charge in [0.2, 0.25) is 0 Å². The Morgan fingerprint density at radius 3 is 2.42 bits per heavy atom. The molecule has 0 aromatic carbocycles. The summed E-state index contributed by atoms with van der Waals surface area (Å²) in [5, 5.41) is 0. The average molecular weight is 233 g/mol. The Balaban J connectivity index is 3.08. The van der Waals surface area contributed by atoms with Gasteiger partial charge in [-0.05, 0) is 13.3 Å². The topological polar surface area (TPSA) is 0 Å². The van der Waals surface area contributed by atoms with Gasteiger partial charge in [-0.1, -0.05) is 67.1 Å². The second-order valence-corrected chi connectivity index (χ2v) is 4.42. The van der Waals surface area contributed by atoms with Crippen LogP contribution < -0.4 is 0 Å². The standard InChI is InChI=1S/C11H21Br/c1-3-5-6-7-8-10-11(12)9-4-2/h4,9,11H,3,5-8,10H2,1-2H3. The van der Waals surface area contributed by atoms with Crippen molar-refractivity contribution in [3.63, 3.8) is 0 Å². The van der Waals surface area contributed by atoms with Crippen LogP contribution in [-0.2, 0) is 0 Å². The molecule has 0 N–H and O–H groups in total. The first-order valence-electron chi connectivity index (χ1n) is 5.08. The van der Waals surface area contributed by atoms with Crippen LogP contribution >= 0.6 is 15.9 Å². The van der Waals surface area contributed by atoms with E-state index in [1.165, 1.54) is 38.5 Å². The number of halogens is 1. The molecule has 0 rings (SSSR count). The summed E-state index contributed by atoms with van der Waals surface area (Å²) >= 11 is 3.62. The van der Waals surface area contributed by atoms with Crippen LogP contribution in [0.4, 0.5) is 0 Å². The maximum absolute atomic E-state index is 3.62. The van der Waals surface area contributed by atoms with E-state index in [0.717, 1.165) is 0 Å². The van der Waals surface area contributed by atoms with Crippen LogP contribution in [0.2, 0.25) is 0 Å². The number of hydrogen-bond acceptors (Lipinski definition) is 0. The molecule has 0 aliphatic rings. The van der Waals surface area contributed by atoms with Gasteiger partial charge in [0.15, 0.2) is 0 Å². The second kappa shape index (κ2) is 9.31. The smallest absolute Gasteiger partial charge is 0.0325 e. The van der Waals surface area contributed by atoms with Gasteiger partial charge in [-0.15, -0.1) is 0 Å². The molecule has 72 valence electrons. The third-order valence-electron chi connectivity index (χ3n) is 1.98. The monoisotopic (exact) mass is 232 g/mol. The summed E-state index contributed by atoms with van der Waals surface area (Å²) in [6, 6.07) is 0. The van der Waals surface area contributed by atoms with Gasteiger partial charge >= 0.3 is 0 Å². The Morgan fingerprint density at radius 2 is 1.83 bits per heavy atom. The fourth-order valence-corrected chi connectivity index (χ4v) is 1.88. The zero-order chi connectivity index (χ0) is 9.23. The van der Waals surface area contributed by atoms with Crippen LogP contribution in [0, 0.1) is 0 Å². The summed E-state index contributed by atoms with van der Waals surface area (Å²) < 4.78 is 0. The molecule has 1 heteroatoms. The number of allylic oxidation sites excluding steroid dienone is 2. The highest BCUT2D eigenvalue weighted by molar-refractivity contribution is 9.09. The molecule has 12 heavy (non-hydrogen) atoms. The number of rotatable bonds is 7. The summed E-state index contributed by atoms with van der Waals surface area (Å²) in [4.78, 5) is 0.601. The zero-order valence-electron chi connectivity index (χ0n) is 8.35. The van der Waals surface area contributed by atoms with Crippen molar-refractivity contribution >= 4 is 15.9 Å². The van der Waals surface area contributed by atoms with Crippen molar-refractivity contribution in [1.82, 2.24) is 0 Å². The fraction of sp³-hybridized carbons (Fsp3) is 0.818. The summed E-state index contributed by atoms with van der Waals surface area (Å²) in [6.45, 7) is 4.33. The van der Waals surface area contributed by atoms with Crippen molar-refractivity contribution in [2.75, 3.05) is 0 Å². The quantitative estimate of drug-likeness (QED) is 0.340. The Bertz CT molecular complexity index is 108. The van der Waals surface area contributed by atoms with Crippen molar-refractivity contribution < 1.29 is 0 Å². The molecule has 0 nitrogen and oxygen atoms in total. The Labute approximate surface area is 85.6 Å². The highest BCUT2D eigenvalue weighted by Crippen LogP contribution is 2.13. The molecule has 0 radical (unpaired) electrons. The molecular weight excluding hydrogens is 212 g/mol. The van der Waals surface area contributed by atoms with E-state index in [1.54, 1.807) is 0 Å². The number of hydrogen-bond donors (Lipinski definition) is 0.